The van der Waals surface area contributed by atoms with Crippen molar-refractivity contribution >= 4 is 11.9 Å². The average molecular weight is 181 g/mol. The Kier molecular flexibility index (Phi) is 1.73. The van der Waals surface area contributed by atoms with Crippen molar-refractivity contribution in [3.8, 4) is 0 Å². The standard InChI is InChI=1S/C7H7N3O3/c11-6-4-10(7(12)8-6)3-5-1-2-13-9-5/h1-2H,3-4H2,(H,8,11,12). The quantitative estimate of drug-likeness (QED) is 0.637. The number of hydrogen-bond acceptors (Lipinski definition) is 4. The third-order valence-electron chi connectivity index (χ3n) is 1.71. The molecule has 1 aliphatic heterocycles. The van der Waals surface area contributed by atoms with E-state index in [1.54, 1.807) is 6.07 Å². The smallest absolute Gasteiger partial charge is 0.324 e. The lowest BCUT2D eigenvalue weighted by molar-refractivity contribution is -0.118. The highest BCUT2D eigenvalue weighted by Crippen LogP contribution is 2.05. The molecule has 68 valence electrons. The number of nitrogens with one attached hydrogen (secondary N) is 1. The van der Waals surface area contributed by atoms with Gasteiger partial charge in [-0.1, -0.05) is 5.16 Å². The Bertz CT molecular complexity index is 333. The molecule has 0 saturated carbocycles. The van der Waals surface area contributed by atoms with Crippen LogP contribution in [0.15, 0.2) is 16.9 Å². The first-order chi connectivity index (χ1) is 6.25. The van der Waals surface area contributed by atoms with Crippen molar-refractivity contribution in [3.63, 3.8) is 0 Å². The van der Waals surface area contributed by atoms with Crippen LogP contribution in [-0.2, 0) is 11.3 Å². The summed E-state index contributed by atoms with van der Waals surface area (Å²) in [6.07, 6.45) is 1.42. The van der Waals surface area contributed by atoms with Crippen LogP contribution >= 0.6 is 0 Å². The molecule has 0 aliphatic carbocycles. The van der Waals surface area contributed by atoms with Gasteiger partial charge in [-0.3, -0.25) is 10.1 Å². The van der Waals surface area contributed by atoms with Crippen LogP contribution in [0.5, 0.6) is 0 Å². The second-order valence-corrected chi connectivity index (χ2v) is 2.70. The first kappa shape index (κ1) is 7.78. The van der Waals surface area contributed by atoms with E-state index in [0.717, 1.165) is 0 Å². The minimum absolute atomic E-state index is 0.0890. The summed E-state index contributed by atoms with van der Waals surface area (Å²) in [7, 11) is 0. The fraction of sp³-hybridized carbons (Fsp3) is 0.286. The maximum Gasteiger partial charge on any atom is 0.324 e. The predicted octanol–water partition coefficient (Wildman–Crippen LogP) is -0.274. The van der Waals surface area contributed by atoms with Crippen LogP contribution in [0.1, 0.15) is 5.69 Å². The van der Waals surface area contributed by atoms with Gasteiger partial charge in [0.25, 0.3) is 0 Å². The molecular formula is C7H7N3O3. The van der Waals surface area contributed by atoms with Gasteiger partial charge in [-0.2, -0.15) is 0 Å². The first-order valence-corrected chi connectivity index (χ1v) is 3.74. The number of urea groups is 1. The number of rotatable bonds is 2. The molecule has 1 aliphatic rings. The van der Waals surface area contributed by atoms with Crippen molar-refractivity contribution < 1.29 is 14.1 Å². The van der Waals surface area contributed by atoms with E-state index in [0.29, 0.717) is 12.2 Å². The zero-order chi connectivity index (χ0) is 9.26. The van der Waals surface area contributed by atoms with E-state index in [-0.39, 0.29) is 18.5 Å². The summed E-state index contributed by atoms with van der Waals surface area (Å²) in [6.45, 7) is 0.389. The number of carbonyl (C=O) groups is 2. The van der Waals surface area contributed by atoms with E-state index in [9.17, 15) is 9.59 Å². The summed E-state index contributed by atoms with van der Waals surface area (Å²) < 4.78 is 4.59. The summed E-state index contributed by atoms with van der Waals surface area (Å²) in [5.41, 5.74) is 0.629. The molecule has 0 unspecified atom stereocenters. The minimum atomic E-state index is -0.381. The summed E-state index contributed by atoms with van der Waals surface area (Å²) in [5.74, 6) is -0.284. The molecular weight excluding hydrogens is 174 g/mol. The minimum Gasteiger partial charge on any atom is -0.364 e. The molecule has 0 radical (unpaired) electrons. The Hall–Kier alpha value is -1.85. The molecule has 13 heavy (non-hydrogen) atoms. The van der Waals surface area contributed by atoms with E-state index >= 15 is 0 Å². The van der Waals surface area contributed by atoms with Crippen molar-refractivity contribution in [2.45, 2.75) is 6.54 Å². The summed E-state index contributed by atoms with van der Waals surface area (Å²) >= 11 is 0. The van der Waals surface area contributed by atoms with Gasteiger partial charge in [0, 0.05) is 6.07 Å². The number of nitrogens with zero attached hydrogens (tertiary/aromatic N) is 2. The van der Waals surface area contributed by atoms with Crippen molar-refractivity contribution in [2.75, 3.05) is 6.54 Å². The summed E-state index contributed by atoms with van der Waals surface area (Å²) in [5, 5.41) is 5.80. The lowest BCUT2D eigenvalue weighted by Gasteiger charge is -2.09. The highest BCUT2D eigenvalue weighted by molar-refractivity contribution is 6.01. The molecule has 1 aromatic heterocycles. The monoisotopic (exact) mass is 181 g/mol. The molecule has 0 spiro atoms. The van der Waals surface area contributed by atoms with Gasteiger partial charge in [0.1, 0.15) is 18.5 Å². The van der Waals surface area contributed by atoms with E-state index < -0.39 is 0 Å². The molecule has 2 heterocycles. The Morgan fingerprint density at radius 1 is 1.62 bits per heavy atom. The third-order valence-corrected chi connectivity index (χ3v) is 1.71. The lowest BCUT2D eigenvalue weighted by atomic mass is 10.4. The fourth-order valence-corrected chi connectivity index (χ4v) is 1.13. The predicted molar refractivity (Wildman–Crippen MR) is 40.5 cm³/mol. The normalized spacial score (nSPS) is 16.5. The van der Waals surface area contributed by atoms with Gasteiger partial charge in [-0.05, 0) is 0 Å². The van der Waals surface area contributed by atoms with E-state index in [1.807, 2.05) is 0 Å². The van der Waals surface area contributed by atoms with Crippen molar-refractivity contribution in [3.05, 3.63) is 18.0 Å². The number of carbonyl (C=O) groups excluding carboxylic acids is 2. The highest BCUT2D eigenvalue weighted by atomic mass is 16.5. The van der Waals surface area contributed by atoms with Crippen LogP contribution in [0, 0.1) is 0 Å². The second-order valence-electron chi connectivity index (χ2n) is 2.70. The Morgan fingerprint density at radius 3 is 3.00 bits per heavy atom. The fourth-order valence-electron chi connectivity index (χ4n) is 1.13. The molecule has 3 amide bonds. The first-order valence-electron chi connectivity index (χ1n) is 3.74. The Morgan fingerprint density at radius 2 is 2.46 bits per heavy atom. The maximum absolute atomic E-state index is 11.0. The Labute approximate surface area is 73.5 Å². The molecule has 0 bridgehead atoms. The molecule has 0 atom stereocenters. The van der Waals surface area contributed by atoms with Gasteiger partial charge < -0.3 is 9.42 Å². The lowest BCUT2D eigenvalue weighted by Crippen LogP contribution is -2.27. The van der Waals surface area contributed by atoms with E-state index in [4.69, 9.17) is 0 Å². The van der Waals surface area contributed by atoms with Crippen LogP contribution in [0.4, 0.5) is 4.79 Å². The van der Waals surface area contributed by atoms with Crippen molar-refractivity contribution in [1.82, 2.24) is 15.4 Å². The van der Waals surface area contributed by atoms with E-state index in [1.165, 1.54) is 11.2 Å². The molecule has 1 N–H and O–H groups in total. The summed E-state index contributed by atoms with van der Waals surface area (Å²) in [4.78, 5) is 23.2. The van der Waals surface area contributed by atoms with Crippen LogP contribution in [0.25, 0.3) is 0 Å². The number of hydrogen-bond donors (Lipinski definition) is 1. The SMILES string of the molecule is O=C1CN(Cc2ccon2)C(=O)N1. The molecule has 6 heteroatoms. The zero-order valence-electron chi connectivity index (χ0n) is 6.69. The topological polar surface area (TPSA) is 75.4 Å². The van der Waals surface area contributed by atoms with Crippen LogP contribution in [-0.4, -0.2) is 28.5 Å². The molecule has 1 aromatic rings. The van der Waals surface area contributed by atoms with Gasteiger partial charge in [-0.15, -0.1) is 0 Å². The van der Waals surface area contributed by atoms with Gasteiger partial charge in [0.15, 0.2) is 0 Å². The molecule has 0 aromatic carbocycles. The van der Waals surface area contributed by atoms with Crippen LogP contribution < -0.4 is 5.32 Å². The average Bonchev–Trinajstić information content (AvgIpc) is 2.63. The number of amides is 3. The van der Waals surface area contributed by atoms with Gasteiger partial charge in [0.2, 0.25) is 5.91 Å². The zero-order valence-corrected chi connectivity index (χ0v) is 6.69. The van der Waals surface area contributed by atoms with Crippen molar-refractivity contribution in [2.24, 2.45) is 0 Å². The van der Waals surface area contributed by atoms with Crippen LogP contribution in [0.3, 0.4) is 0 Å². The van der Waals surface area contributed by atoms with Gasteiger partial charge in [0.05, 0.1) is 6.54 Å². The van der Waals surface area contributed by atoms with Crippen LogP contribution in [0.2, 0.25) is 0 Å². The van der Waals surface area contributed by atoms with Gasteiger partial charge >= 0.3 is 6.03 Å². The highest BCUT2D eigenvalue weighted by Gasteiger charge is 2.26. The maximum atomic E-state index is 11.0. The number of aromatic nitrogens is 1. The molecule has 1 fully saturated rings. The molecule has 1 saturated heterocycles. The second kappa shape index (κ2) is 2.89. The largest absolute Gasteiger partial charge is 0.364 e. The van der Waals surface area contributed by atoms with Gasteiger partial charge in [-0.25, -0.2) is 4.79 Å². The van der Waals surface area contributed by atoms with E-state index in [2.05, 4.69) is 15.0 Å². The molecule has 2 rings (SSSR count). The summed E-state index contributed by atoms with van der Waals surface area (Å²) in [6, 6.07) is 1.27. The molecule has 6 nitrogen and oxygen atoms in total. The Balaban J connectivity index is 2.03. The number of imide groups is 1. The van der Waals surface area contributed by atoms with Crippen molar-refractivity contribution in [1.29, 1.82) is 0 Å². The third kappa shape index (κ3) is 1.51.